The number of benzene rings is 1. The van der Waals surface area contributed by atoms with Gasteiger partial charge in [-0.05, 0) is 43.2 Å². The topological polar surface area (TPSA) is 112 Å². The summed E-state index contributed by atoms with van der Waals surface area (Å²) in [5.41, 5.74) is 9.07. The minimum absolute atomic E-state index is 0.0248. The Kier molecular flexibility index (Phi) is 5.38. The Labute approximate surface area is 213 Å². The van der Waals surface area contributed by atoms with Crippen molar-refractivity contribution in [1.29, 1.82) is 0 Å². The fourth-order valence-electron chi connectivity index (χ4n) is 4.94. The molecule has 0 bridgehead atoms. The highest BCUT2D eigenvalue weighted by Gasteiger charge is 2.59. The first-order chi connectivity index (χ1) is 17.7. The molecule has 1 saturated carbocycles. The third kappa shape index (κ3) is 4.37. The van der Waals surface area contributed by atoms with Crippen molar-refractivity contribution in [1.82, 2.24) is 24.6 Å². The number of carbonyl (C=O) groups excluding carboxylic acids is 1. The number of halogens is 1. The van der Waals surface area contributed by atoms with Gasteiger partial charge in [0.1, 0.15) is 29.6 Å². The van der Waals surface area contributed by atoms with Crippen LogP contribution in [0.25, 0.3) is 22.7 Å². The molecule has 1 saturated heterocycles. The van der Waals surface area contributed by atoms with Gasteiger partial charge in [0.2, 0.25) is 11.8 Å². The van der Waals surface area contributed by atoms with Gasteiger partial charge in [0, 0.05) is 44.1 Å². The van der Waals surface area contributed by atoms with E-state index in [0.717, 1.165) is 11.1 Å². The second-order valence-corrected chi connectivity index (χ2v) is 10.3. The number of carbonyl (C=O) groups is 1. The minimum Gasteiger partial charge on any atom is -0.474 e. The van der Waals surface area contributed by atoms with Crippen LogP contribution in [-0.2, 0) is 12.6 Å². The number of aromatic nitrogens is 4. The lowest BCUT2D eigenvalue weighted by atomic mass is 9.97. The zero-order chi connectivity index (χ0) is 25.9. The van der Waals surface area contributed by atoms with Crippen molar-refractivity contribution in [3.8, 4) is 28.6 Å². The monoisotopic (exact) mass is 502 g/mol. The number of ether oxygens (including phenoxy) is 1. The average molecular weight is 503 g/mol. The summed E-state index contributed by atoms with van der Waals surface area (Å²) >= 11 is 0. The summed E-state index contributed by atoms with van der Waals surface area (Å²) in [6, 6.07) is 11.8. The second-order valence-electron chi connectivity index (χ2n) is 10.3. The number of nitrogens with zero attached hydrogens (tertiary/aromatic N) is 5. The van der Waals surface area contributed by atoms with Gasteiger partial charge < -0.3 is 19.8 Å². The van der Waals surface area contributed by atoms with Crippen molar-refractivity contribution in [2.75, 3.05) is 13.1 Å². The first-order valence-corrected chi connectivity index (χ1v) is 12.1. The van der Waals surface area contributed by atoms with E-state index in [1.54, 1.807) is 36.1 Å². The molecule has 1 aromatic carbocycles. The molecule has 10 heteroatoms. The van der Waals surface area contributed by atoms with Crippen LogP contribution in [0.3, 0.4) is 0 Å². The van der Waals surface area contributed by atoms with Gasteiger partial charge in [-0.1, -0.05) is 12.1 Å². The Morgan fingerprint density at radius 2 is 1.86 bits per heavy atom. The molecule has 1 amide bonds. The highest BCUT2D eigenvalue weighted by Crippen LogP contribution is 2.48. The number of aryl methyl sites for hydroxylation is 1. The normalized spacial score (nSPS) is 20.7. The van der Waals surface area contributed by atoms with E-state index in [-0.39, 0.29) is 29.7 Å². The van der Waals surface area contributed by atoms with Crippen LogP contribution in [0.4, 0.5) is 4.39 Å². The molecule has 4 heterocycles. The highest BCUT2D eigenvalue weighted by atomic mass is 19.1. The van der Waals surface area contributed by atoms with E-state index < -0.39 is 5.54 Å². The SMILES string of the molecule is Cn1nc(-c2ncco2)cc1C(=O)N1C[C@@H]2[C@H](C1)[C@@H]2Oc1cc(-c2ccc(F)cc2)cc(C(C)(C)N)n1. The van der Waals surface area contributed by atoms with Gasteiger partial charge in [-0.15, -0.1) is 0 Å². The molecule has 2 aliphatic rings. The molecule has 6 rings (SSSR count). The van der Waals surface area contributed by atoms with Gasteiger partial charge in [-0.3, -0.25) is 9.48 Å². The third-order valence-electron chi connectivity index (χ3n) is 7.05. The summed E-state index contributed by atoms with van der Waals surface area (Å²) in [6.07, 6.45) is 2.99. The van der Waals surface area contributed by atoms with Crippen molar-refractivity contribution in [3.05, 3.63) is 72.1 Å². The van der Waals surface area contributed by atoms with Crippen LogP contribution in [0.1, 0.15) is 30.0 Å². The molecular weight excluding hydrogens is 475 g/mol. The summed E-state index contributed by atoms with van der Waals surface area (Å²) < 4.78 is 26.6. The third-order valence-corrected chi connectivity index (χ3v) is 7.05. The van der Waals surface area contributed by atoms with E-state index in [1.165, 1.54) is 18.4 Å². The number of likely N-dealkylation sites (tertiary alicyclic amines) is 1. The maximum atomic E-state index is 13.4. The van der Waals surface area contributed by atoms with E-state index in [0.29, 0.717) is 41.9 Å². The fourth-order valence-corrected chi connectivity index (χ4v) is 4.94. The molecule has 9 nitrogen and oxygen atoms in total. The molecular formula is C27H27FN6O3. The largest absolute Gasteiger partial charge is 0.474 e. The number of nitrogens with two attached hydrogens (primary N) is 1. The zero-order valence-electron chi connectivity index (χ0n) is 20.8. The minimum atomic E-state index is -0.677. The number of hydrogen-bond acceptors (Lipinski definition) is 7. The van der Waals surface area contributed by atoms with Crippen molar-refractivity contribution in [3.63, 3.8) is 0 Å². The smallest absolute Gasteiger partial charge is 0.272 e. The molecule has 0 unspecified atom stereocenters. The molecule has 2 fully saturated rings. The lowest BCUT2D eigenvalue weighted by Crippen LogP contribution is -2.34. The Hall–Kier alpha value is -4.05. The van der Waals surface area contributed by atoms with Gasteiger partial charge >= 0.3 is 0 Å². The quantitative estimate of drug-likeness (QED) is 0.429. The molecule has 190 valence electrons. The van der Waals surface area contributed by atoms with E-state index >= 15 is 0 Å². The van der Waals surface area contributed by atoms with Crippen molar-refractivity contribution < 1.29 is 18.3 Å². The summed E-state index contributed by atoms with van der Waals surface area (Å²) in [5.74, 6) is 0.946. The zero-order valence-corrected chi connectivity index (χ0v) is 20.8. The van der Waals surface area contributed by atoms with Gasteiger partial charge in [0.15, 0.2) is 0 Å². The number of hydrogen-bond donors (Lipinski definition) is 1. The fraction of sp³-hybridized carbons (Fsp3) is 0.333. The Morgan fingerprint density at radius 1 is 1.14 bits per heavy atom. The first kappa shape index (κ1) is 23.4. The molecule has 4 aromatic rings. The lowest BCUT2D eigenvalue weighted by molar-refractivity contribution is 0.0740. The Morgan fingerprint density at radius 3 is 2.51 bits per heavy atom. The Balaban J connectivity index is 1.16. The molecule has 1 aliphatic carbocycles. The predicted octanol–water partition coefficient (Wildman–Crippen LogP) is 3.62. The van der Waals surface area contributed by atoms with E-state index in [4.69, 9.17) is 14.9 Å². The number of piperidine rings is 1. The maximum Gasteiger partial charge on any atom is 0.272 e. The van der Waals surface area contributed by atoms with Gasteiger partial charge in [-0.25, -0.2) is 14.4 Å². The summed E-state index contributed by atoms with van der Waals surface area (Å²) in [6.45, 7) is 4.96. The van der Waals surface area contributed by atoms with Crippen LogP contribution in [-0.4, -0.2) is 49.7 Å². The van der Waals surface area contributed by atoms with Crippen LogP contribution in [0, 0.1) is 17.7 Å². The van der Waals surface area contributed by atoms with Gasteiger partial charge in [0.25, 0.3) is 5.91 Å². The van der Waals surface area contributed by atoms with E-state index in [2.05, 4.69) is 15.1 Å². The van der Waals surface area contributed by atoms with E-state index in [9.17, 15) is 9.18 Å². The van der Waals surface area contributed by atoms with Gasteiger partial charge in [-0.2, -0.15) is 5.10 Å². The highest BCUT2D eigenvalue weighted by molar-refractivity contribution is 5.93. The van der Waals surface area contributed by atoms with Crippen LogP contribution < -0.4 is 10.5 Å². The van der Waals surface area contributed by atoms with Crippen LogP contribution in [0.2, 0.25) is 0 Å². The number of fused-ring (bicyclic) bond motifs is 1. The number of oxazole rings is 1. The molecule has 37 heavy (non-hydrogen) atoms. The Bertz CT molecular complexity index is 1450. The molecule has 3 aromatic heterocycles. The summed E-state index contributed by atoms with van der Waals surface area (Å²) in [4.78, 5) is 23.8. The molecule has 2 N–H and O–H groups in total. The van der Waals surface area contributed by atoms with Crippen molar-refractivity contribution >= 4 is 5.91 Å². The van der Waals surface area contributed by atoms with Crippen LogP contribution in [0.5, 0.6) is 5.88 Å². The van der Waals surface area contributed by atoms with Crippen LogP contribution in [0.15, 0.2) is 59.3 Å². The van der Waals surface area contributed by atoms with E-state index in [1.807, 2.05) is 30.9 Å². The molecule has 0 spiro atoms. The standard InChI is InChI=1S/C27H27FN6O3/c1-27(2,29)22-10-16(15-4-6-17(28)7-5-15)11-23(31-22)37-24-18-13-34(14-19(18)24)26(35)21-12-20(32-33(21)3)25-30-8-9-36-25/h4-12,18-19,24H,13-14,29H2,1-3H3/t18-,19+,24-. The maximum absolute atomic E-state index is 13.4. The molecule has 3 atom stereocenters. The van der Waals surface area contributed by atoms with Crippen molar-refractivity contribution in [2.24, 2.45) is 24.6 Å². The van der Waals surface area contributed by atoms with Gasteiger partial charge in [0.05, 0.1) is 17.4 Å². The number of rotatable bonds is 6. The molecule has 0 radical (unpaired) electrons. The lowest BCUT2D eigenvalue weighted by Gasteiger charge is -2.22. The predicted molar refractivity (Wildman–Crippen MR) is 133 cm³/mol. The van der Waals surface area contributed by atoms with Crippen molar-refractivity contribution in [2.45, 2.75) is 25.5 Å². The number of pyridine rings is 1. The summed E-state index contributed by atoms with van der Waals surface area (Å²) in [7, 11) is 1.73. The average Bonchev–Trinajstić information content (AvgIpc) is 3.36. The molecule has 1 aliphatic heterocycles. The van der Waals surface area contributed by atoms with Crippen LogP contribution >= 0.6 is 0 Å². The second kappa shape index (κ2) is 8.52. The number of amides is 1. The summed E-state index contributed by atoms with van der Waals surface area (Å²) in [5, 5.41) is 4.36. The first-order valence-electron chi connectivity index (χ1n) is 12.1.